The molecule has 0 spiro atoms. The lowest BCUT2D eigenvalue weighted by Gasteiger charge is -2.18. The van der Waals surface area contributed by atoms with Crippen LogP contribution in [0.2, 0.25) is 0 Å². The lowest BCUT2D eigenvalue weighted by atomic mass is 10.0. The fourth-order valence-corrected chi connectivity index (χ4v) is 3.04. The first-order valence-electron chi connectivity index (χ1n) is 5.34. The second-order valence-corrected chi connectivity index (χ2v) is 6.40. The van der Waals surface area contributed by atoms with E-state index in [0.717, 1.165) is 5.56 Å². The molecule has 0 aromatic heterocycles. The third-order valence-corrected chi connectivity index (χ3v) is 3.95. The number of nitrogens with two attached hydrogens (primary N) is 1. The predicted octanol–water partition coefficient (Wildman–Crippen LogP) is 0.757. The van der Waals surface area contributed by atoms with Crippen molar-refractivity contribution >= 4 is 16.1 Å². The van der Waals surface area contributed by atoms with Crippen LogP contribution in [0.3, 0.4) is 0 Å². The number of carbonyl (C=O) groups is 1. The highest BCUT2D eigenvalue weighted by molar-refractivity contribution is 7.90. The number of fused-ring (bicyclic) bond motifs is 1. The Morgan fingerprint density at radius 1 is 1.44 bits per heavy atom. The number of carbonyl (C=O) groups excluding carboxylic acids is 1. The molecular weight excluding hydrogens is 256 g/mol. The van der Waals surface area contributed by atoms with Crippen LogP contribution in [0.4, 0.5) is 4.79 Å². The third kappa shape index (κ3) is 2.26. The highest BCUT2D eigenvalue weighted by Crippen LogP contribution is 2.39. The molecule has 0 fully saturated rings. The van der Waals surface area contributed by atoms with Crippen molar-refractivity contribution in [3.8, 4) is 5.75 Å². The molecule has 0 bridgehead atoms. The van der Waals surface area contributed by atoms with Crippen molar-refractivity contribution in [1.82, 2.24) is 4.72 Å². The molecule has 0 radical (unpaired) electrons. The minimum Gasteiger partial charge on any atom is -0.486 e. The van der Waals surface area contributed by atoms with Crippen LogP contribution in [-0.2, 0) is 16.4 Å². The fourth-order valence-electron chi connectivity index (χ4n) is 1.99. The summed E-state index contributed by atoms with van der Waals surface area (Å²) in [6, 6.07) is 3.67. The van der Waals surface area contributed by atoms with E-state index >= 15 is 0 Å². The quantitative estimate of drug-likeness (QED) is 0.828. The molecule has 7 heteroatoms. The zero-order valence-electron chi connectivity index (χ0n) is 10.1. The third-order valence-electron chi connectivity index (χ3n) is 2.58. The second kappa shape index (κ2) is 3.88. The molecule has 2 rings (SSSR count). The van der Waals surface area contributed by atoms with Crippen molar-refractivity contribution in [1.29, 1.82) is 0 Å². The van der Waals surface area contributed by atoms with Crippen molar-refractivity contribution in [2.75, 3.05) is 0 Å². The van der Waals surface area contributed by atoms with Gasteiger partial charge in [0.1, 0.15) is 16.2 Å². The van der Waals surface area contributed by atoms with Crippen molar-refractivity contribution in [3.05, 3.63) is 23.8 Å². The normalized spacial score (nSPS) is 16.8. The highest BCUT2D eigenvalue weighted by atomic mass is 32.2. The molecule has 0 atom stereocenters. The van der Waals surface area contributed by atoms with Gasteiger partial charge in [0.15, 0.2) is 0 Å². The fraction of sp³-hybridized carbons (Fsp3) is 0.364. The number of primary amides is 1. The molecule has 2 amide bonds. The van der Waals surface area contributed by atoms with Gasteiger partial charge in [0.05, 0.1) is 0 Å². The van der Waals surface area contributed by atoms with Crippen LogP contribution in [0.15, 0.2) is 23.1 Å². The lowest BCUT2D eigenvalue weighted by Crippen LogP contribution is -2.35. The van der Waals surface area contributed by atoms with E-state index < -0.39 is 21.7 Å². The summed E-state index contributed by atoms with van der Waals surface area (Å²) in [6.45, 7) is 3.73. The minimum atomic E-state index is -3.98. The molecule has 0 saturated carbocycles. The monoisotopic (exact) mass is 270 g/mol. The summed E-state index contributed by atoms with van der Waals surface area (Å²) in [7, 11) is -3.98. The molecule has 1 aromatic carbocycles. The standard InChI is InChI=1S/C11H14N2O4S/c1-11(2)6-7-4-3-5-8(9(7)17-11)18(15,16)13-10(12)14/h3-5H,6H2,1-2H3,(H3,12,13,14). The van der Waals surface area contributed by atoms with Gasteiger partial charge < -0.3 is 10.5 Å². The molecular formula is C11H14N2O4S. The van der Waals surface area contributed by atoms with Gasteiger partial charge in [-0.2, -0.15) is 0 Å². The lowest BCUT2D eigenvalue weighted by molar-refractivity contribution is 0.135. The Hall–Kier alpha value is -1.76. The van der Waals surface area contributed by atoms with Crippen LogP contribution in [0.1, 0.15) is 19.4 Å². The van der Waals surface area contributed by atoms with Gasteiger partial charge in [-0.05, 0) is 25.5 Å². The van der Waals surface area contributed by atoms with Crippen LogP contribution >= 0.6 is 0 Å². The Morgan fingerprint density at radius 2 is 2.11 bits per heavy atom. The largest absolute Gasteiger partial charge is 0.486 e. The number of benzene rings is 1. The Labute approximate surface area is 105 Å². The van der Waals surface area contributed by atoms with E-state index in [1.807, 2.05) is 13.8 Å². The number of hydrogen-bond donors (Lipinski definition) is 2. The van der Waals surface area contributed by atoms with Gasteiger partial charge in [-0.25, -0.2) is 17.9 Å². The summed E-state index contributed by atoms with van der Waals surface area (Å²) in [5.41, 5.74) is 5.19. The van der Waals surface area contributed by atoms with Gasteiger partial charge in [0.25, 0.3) is 10.0 Å². The van der Waals surface area contributed by atoms with E-state index in [0.29, 0.717) is 6.42 Å². The summed E-state index contributed by atoms with van der Waals surface area (Å²) in [4.78, 5) is 10.6. The maximum atomic E-state index is 11.9. The number of para-hydroxylation sites is 1. The zero-order valence-corrected chi connectivity index (χ0v) is 10.9. The molecule has 1 aliphatic heterocycles. The van der Waals surface area contributed by atoms with Crippen molar-refractivity contribution in [2.45, 2.75) is 30.8 Å². The van der Waals surface area contributed by atoms with Crippen molar-refractivity contribution in [2.24, 2.45) is 5.73 Å². The van der Waals surface area contributed by atoms with E-state index in [2.05, 4.69) is 0 Å². The molecule has 18 heavy (non-hydrogen) atoms. The van der Waals surface area contributed by atoms with E-state index in [-0.39, 0.29) is 10.6 Å². The second-order valence-electron chi connectivity index (χ2n) is 4.75. The Morgan fingerprint density at radius 3 is 2.72 bits per heavy atom. The molecule has 6 nitrogen and oxygen atoms in total. The average Bonchev–Trinajstić information content (AvgIpc) is 2.48. The van der Waals surface area contributed by atoms with E-state index in [9.17, 15) is 13.2 Å². The van der Waals surface area contributed by atoms with Crippen LogP contribution in [-0.4, -0.2) is 20.0 Å². The zero-order chi connectivity index (χ0) is 13.6. The van der Waals surface area contributed by atoms with E-state index in [4.69, 9.17) is 10.5 Å². The SMILES string of the molecule is CC1(C)Cc2cccc(S(=O)(=O)NC(N)=O)c2O1. The maximum Gasteiger partial charge on any atom is 0.326 e. The van der Waals surface area contributed by atoms with E-state index in [1.54, 1.807) is 16.9 Å². The number of amides is 2. The molecule has 3 N–H and O–H groups in total. The van der Waals surface area contributed by atoms with Crippen molar-refractivity contribution < 1.29 is 17.9 Å². The molecule has 0 aliphatic carbocycles. The number of rotatable bonds is 2. The number of nitrogens with one attached hydrogen (secondary N) is 1. The average molecular weight is 270 g/mol. The summed E-state index contributed by atoms with van der Waals surface area (Å²) >= 11 is 0. The number of hydrogen-bond acceptors (Lipinski definition) is 4. The van der Waals surface area contributed by atoms with Gasteiger partial charge in [-0.15, -0.1) is 0 Å². The van der Waals surface area contributed by atoms with Crippen LogP contribution in [0.25, 0.3) is 0 Å². The van der Waals surface area contributed by atoms with E-state index in [1.165, 1.54) is 6.07 Å². The summed E-state index contributed by atoms with van der Waals surface area (Å²) in [5.74, 6) is 0.288. The summed E-state index contributed by atoms with van der Waals surface area (Å²) in [6.07, 6.45) is 0.613. The Kier molecular flexibility index (Phi) is 2.73. The number of urea groups is 1. The minimum absolute atomic E-state index is 0.0654. The van der Waals surface area contributed by atoms with Crippen LogP contribution in [0.5, 0.6) is 5.75 Å². The van der Waals surface area contributed by atoms with Crippen LogP contribution in [0, 0.1) is 0 Å². The van der Waals surface area contributed by atoms with Crippen LogP contribution < -0.4 is 15.2 Å². The van der Waals surface area contributed by atoms with Gasteiger partial charge in [-0.1, -0.05) is 12.1 Å². The Bertz CT molecular complexity index is 607. The highest BCUT2D eigenvalue weighted by Gasteiger charge is 2.35. The smallest absolute Gasteiger partial charge is 0.326 e. The maximum absolute atomic E-state index is 11.9. The number of ether oxygens (including phenoxy) is 1. The predicted molar refractivity (Wildman–Crippen MR) is 64.8 cm³/mol. The molecule has 98 valence electrons. The number of sulfonamides is 1. The summed E-state index contributed by atoms with van der Waals surface area (Å²) in [5, 5.41) is 0. The first kappa shape index (κ1) is 12.7. The molecule has 1 aromatic rings. The van der Waals surface area contributed by atoms with Gasteiger partial charge >= 0.3 is 6.03 Å². The molecule has 0 unspecified atom stereocenters. The first-order chi connectivity index (χ1) is 8.21. The van der Waals surface area contributed by atoms with Gasteiger partial charge in [0, 0.05) is 6.42 Å². The Balaban J connectivity index is 2.50. The van der Waals surface area contributed by atoms with Gasteiger partial charge in [0.2, 0.25) is 0 Å². The summed E-state index contributed by atoms with van der Waals surface area (Å²) < 4.78 is 31.2. The van der Waals surface area contributed by atoms with Gasteiger partial charge in [-0.3, -0.25) is 0 Å². The van der Waals surface area contributed by atoms with Crippen molar-refractivity contribution in [3.63, 3.8) is 0 Å². The molecule has 1 aliphatic rings. The topological polar surface area (TPSA) is 98.5 Å². The first-order valence-corrected chi connectivity index (χ1v) is 6.83. The molecule has 1 heterocycles. The molecule has 0 saturated heterocycles.